The first-order chi connectivity index (χ1) is 16.6. The largest absolute Gasteiger partial charge is 0.495 e. The van der Waals surface area contributed by atoms with Crippen molar-refractivity contribution < 1.29 is 18.9 Å². The fourth-order valence-corrected chi connectivity index (χ4v) is 4.78. The van der Waals surface area contributed by atoms with Gasteiger partial charge < -0.3 is 24.3 Å². The maximum absolute atomic E-state index is 6.67. The van der Waals surface area contributed by atoms with Gasteiger partial charge in [-0.05, 0) is 43.7 Å². The Hall–Kier alpha value is -2.48. The molecule has 1 aromatic carbocycles. The SMILES string of the molecule is COc1cc(OC)c(Cl)c(-c2cc3cnc(NC4CCCOC4)cc3c(OCC3CC3)n2)c1Cl. The van der Waals surface area contributed by atoms with Crippen LogP contribution in [0.25, 0.3) is 22.0 Å². The molecule has 0 amide bonds. The van der Waals surface area contributed by atoms with Crippen molar-refractivity contribution in [2.75, 3.05) is 39.4 Å². The molecule has 1 aliphatic heterocycles. The zero-order valence-electron chi connectivity index (χ0n) is 19.2. The van der Waals surface area contributed by atoms with Gasteiger partial charge in [-0.3, -0.25) is 0 Å². The second-order valence-electron chi connectivity index (χ2n) is 8.70. The summed E-state index contributed by atoms with van der Waals surface area (Å²) in [6.07, 6.45) is 6.26. The second-order valence-corrected chi connectivity index (χ2v) is 9.46. The zero-order valence-corrected chi connectivity index (χ0v) is 20.7. The predicted molar refractivity (Wildman–Crippen MR) is 134 cm³/mol. The van der Waals surface area contributed by atoms with Gasteiger partial charge in [0.25, 0.3) is 0 Å². The number of aromatic nitrogens is 2. The number of anilines is 1. The number of methoxy groups -OCH3 is 2. The summed E-state index contributed by atoms with van der Waals surface area (Å²) in [5.41, 5.74) is 1.09. The summed E-state index contributed by atoms with van der Waals surface area (Å²) in [5.74, 6) is 2.77. The van der Waals surface area contributed by atoms with E-state index in [9.17, 15) is 0 Å². The average Bonchev–Trinajstić information content (AvgIpc) is 3.68. The van der Waals surface area contributed by atoms with Gasteiger partial charge in [-0.1, -0.05) is 23.2 Å². The molecule has 180 valence electrons. The number of rotatable bonds is 8. The minimum absolute atomic E-state index is 0.239. The van der Waals surface area contributed by atoms with Crippen molar-refractivity contribution in [1.82, 2.24) is 9.97 Å². The molecule has 0 spiro atoms. The van der Waals surface area contributed by atoms with Crippen LogP contribution in [0.15, 0.2) is 24.4 Å². The molecular formula is C25H27Cl2N3O4. The van der Waals surface area contributed by atoms with Crippen LogP contribution in [0.5, 0.6) is 17.4 Å². The van der Waals surface area contributed by atoms with E-state index in [0.717, 1.165) is 36.0 Å². The number of fused-ring (bicyclic) bond motifs is 1. The molecule has 9 heteroatoms. The lowest BCUT2D eigenvalue weighted by molar-refractivity contribution is 0.0875. The van der Waals surface area contributed by atoms with E-state index in [4.69, 9.17) is 47.1 Å². The van der Waals surface area contributed by atoms with Gasteiger partial charge in [0.05, 0.1) is 49.2 Å². The number of benzene rings is 1. The molecule has 2 aromatic heterocycles. The molecule has 1 saturated heterocycles. The minimum atomic E-state index is 0.239. The maximum atomic E-state index is 6.67. The third-order valence-electron chi connectivity index (χ3n) is 6.17. The summed E-state index contributed by atoms with van der Waals surface area (Å²) >= 11 is 13.3. The van der Waals surface area contributed by atoms with Gasteiger partial charge in [0.15, 0.2) is 0 Å². The van der Waals surface area contributed by atoms with E-state index in [2.05, 4.69) is 10.3 Å². The van der Waals surface area contributed by atoms with Crippen molar-refractivity contribution in [3.63, 3.8) is 0 Å². The molecule has 2 fully saturated rings. The van der Waals surface area contributed by atoms with Crippen LogP contribution in [0, 0.1) is 5.92 Å². The van der Waals surface area contributed by atoms with Gasteiger partial charge in [0.1, 0.15) is 17.3 Å². The van der Waals surface area contributed by atoms with Crippen molar-refractivity contribution >= 4 is 39.8 Å². The molecule has 1 atom stereocenters. The first-order valence-electron chi connectivity index (χ1n) is 11.5. The van der Waals surface area contributed by atoms with Gasteiger partial charge in [-0.15, -0.1) is 0 Å². The smallest absolute Gasteiger partial charge is 0.222 e. The average molecular weight is 504 g/mol. The number of ether oxygens (including phenoxy) is 4. The number of pyridine rings is 2. The van der Waals surface area contributed by atoms with Crippen LogP contribution in [0.4, 0.5) is 5.82 Å². The van der Waals surface area contributed by atoms with Crippen LogP contribution in [-0.2, 0) is 4.74 Å². The van der Waals surface area contributed by atoms with Crippen LogP contribution in [0.1, 0.15) is 25.7 Å². The number of halogens is 2. The highest BCUT2D eigenvalue weighted by atomic mass is 35.5. The third kappa shape index (κ3) is 4.83. The van der Waals surface area contributed by atoms with Crippen LogP contribution in [0.3, 0.4) is 0 Å². The third-order valence-corrected chi connectivity index (χ3v) is 6.92. The molecule has 5 rings (SSSR count). The summed E-state index contributed by atoms with van der Waals surface area (Å²) in [5, 5.41) is 5.94. The quantitative estimate of drug-likeness (QED) is 0.403. The van der Waals surface area contributed by atoms with Gasteiger partial charge >= 0.3 is 0 Å². The molecule has 0 radical (unpaired) electrons. The van der Waals surface area contributed by atoms with Crippen molar-refractivity contribution in [3.8, 4) is 28.6 Å². The Bertz CT molecular complexity index is 1170. The van der Waals surface area contributed by atoms with E-state index in [1.807, 2.05) is 18.3 Å². The van der Waals surface area contributed by atoms with Crippen LogP contribution >= 0.6 is 23.2 Å². The summed E-state index contributed by atoms with van der Waals surface area (Å²) < 4.78 is 22.7. The van der Waals surface area contributed by atoms with E-state index in [-0.39, 0.29) is 6.04 Å². The maximum Gasteiger partial charge on any atom is 0.222 e. The fourth-order valence-electron chi connectivity index (χ4n) is 4.09. The van der Waals surface area contributed by atoms with Gasteiger partial charge in [-0.25, -0.2) is 9.97 Å². The van der Waals surface area contributed by atoms with Gasteiger partial charge in [0.2, 0.25) is 5.88 Å². The van der Waals surface area contributed by atoms with E-state index in [1.54, 1.807) is 20.3 Å². The normalized spacial score (nSPS) is 18.1. The fraction of sp³-hybridized carbons (Fsp3) is 0.440. The Morgan fingerprint density at radius 1 is 1.06 bits per heavy atom. The molecule has 1 saturated carbocycles. The lowest BCUT2D eigenvalue weighted by Crippen LogP contribution is -2.30. The predicted octanol–water partition coefficient (Wildman–Crippen LogP) is 6.00. The molecule has 1 N–H and O–H groups in total. The molecule has 3 heterocycles. The molecule has 2 aliphatic rings. The molecular weight excluding hydrogens is 477 g/mol. The highest BCUT2D eigenvalue weighted by Gasteiger charge is 2.25. The Kier molecular flexibility index (Phi) is 6.86. The zero-order chi connectivity index (χ0) is 23.7. The Labute approximate surface area is 208 Å². The van der Waals surface area contributed by atoms with Gasteiger partial charge in [-0.2, -0.15) is 0 Å². The molecule has 1 unspecified atom stereocenters. The van der Waals surface area contributed by atoms with Crippen molar-refractivity contribution in [2.24, 2.45) is 5.92 Å². The number of hydrogen-bond donors (Lipinski definition) is 1. The number of hydrogen-bond acceptors (Lipinski definition) is 7. The lowest BCUT2D eigenvalue weighted by Gasteiger charge is -2.23. The van der Waals surface area contributed by atoms with Crippen LogP contribution < -0.4 is 19.5 Å². The van der Waals surface area contributed by atoms with Crippen molar-refractivity contribution in [3.05, 3.63) is 34.4 Å². The molecule has 3 aromatic rings. The Morgan fingerprint density at radius 2 is 1.82 bits per heavy atom. The lowest BCUT2D eigenvalue weighted by atomic mass is 10.1. The summed E-state index contributed by atoms with van der Waals surface area (Å²) in [6.45, 7) is 2.11. The summed E-state index contributed by atoms with van der Waals surface area (Å²) in [6, 6.07) is 5.79. The van der Waals surface area contributed by atoms with Crippen molar-refractivity contribution in [2.45, 2.75) is 31.7 Å². The molecule has 0 bridgehead atoms. The second kappa shape index (κ2) is 10.0. The topological polar surface area (TPSA) is 74.7 Å². The van der Waals surface area contributed by atoms with Crippen LogP contribution in [-0.4, -0.2) is 50.1 Å². The van der Waals surface area contributed by atoms with E-state index >= 15 is 0 Å². The first kappa shape index (κ1) is 23.3. The summed E-state index contributed by atoms with van der Waals surface area (Å²) in [7, 11) is 3.10. The number of nitrogens with one attached hydrogen (secondary N) is 1. The minimum Gasteiger partial charge on any atom is -0.495 e. The Balaban J connectivity index is 1.59. The van der Waals surface area contributed by atoms with E-state index < -0.39 is 0 Å². The van der Waals surface area contributed by atoms with Crippen molar-refractivity contribution in [1.29, 1.82) is 0 Å². The molecule has 7 nitrogen and oxygen atoms in total. The van der Waals surface area contributed by atoms with Crippen LogP contribution in [0.2, 0.25) is 10.0 Å². The Morgan fingerprint density at radius 3 is 2.47 bits per heavy atom. The highest BCUT2D eigenvalue weighted by molar-refractivity contribution is 6.41. The monoisotopic (exact) mass is 503 g/mol. The molecule has 1 aliphatic carbocycles. The highest BCUT2D eigenvalue weighted by Crippen LogP contribution is 2.46. The number of nitrogens with zero attached hydrogens (tertiary/aromatic N) is 2. The van der Waals surface area contributed by atoms with E-state index in [1.165, 1.54) is 12.8 Å². The standard InChI is InChI=1S/C25H27Cl2N3O4/c1-31-19-10-20(32-2)24(27)22(23(19)26)18-8-15-11-28-21(29-16-4-3-7-33-13-16)9-17(15)25(30-18)34-12-14-5-6-14/h8-11,14,16H,3-7,12-13H2,1-2H3,(H,28,29). The summed E-state index contributed by atoms with van der Waals surface area (Å²) in [4.78, 5) is 9.48. The van der Waals surface area contributed by atoms with E-state index in [0.29, 0.717) is 57.8 Å². The first-order valence-corrected chi connectivity index (χ1v) is 12.2. The van der Waals surface area contributed by atoms with Gasteiger partial charge in [0, 0.05) is 35.2 Å². The molecule has 34 heavy (non-hydrogen) atoms.